The van der Waals surface area contributed by atoms with Gasteiger partial charge >= 0.3 is 0 Å². The van der Waals surface area contributed by atoms with Crippen molar-refractivity contribution in [3.05, 3.63) is 36.2 Å². The lowest BCUT2D eigenvalue weighted by Crippen LogP contribution is -1.90. The van der Waals surface area contributed by atoms with E-state index in [9.17, 15) is 8.78 Å². The van der Waals surface area contributed by atoms with Crippen molar-refractivity contribution in [1.82, 2.24) is 4.98 Å². The number of alkyl halides is 2. The molecule has 0 amide bonds. The highest BCUT2D eigenvalue weighted by atomic mass is 19.3. The Morgan fingerprint density at radius 1 is 1.33 bits per heavy atom. The predicted molar refractivity (Wildman–Crippen MR) is 60.8 cm³/mol. The molecule has 18 heavy (non-hydrogen) atoms. The molecule has 1 aliphatic rings. The van der Waals surface area contributed by atoms with Crippen molar-refractivity contribution >= 4 is 0 Å². The van der Waals surface area contributed by atoms with Gasteiger partial charge in [0.2, 0.25) is 5.89 Å². The molecule has 0 bridgehead atoms. The molecule has 94 valence electrons. The van der Waals surface area contributed by atoms with Crippen molar-refractivity contribution in [2.75, 3.05) is 7.11 Å². The zero-order valence-corrected chi connectivity index (χ0v) is 9.69. The topological polar surface area (TPSA) is 35.3 Å². The Bertz CT molecular complexity index is 563. The van der Waals surface area contributed by atoms with Gasteiger partial charge in [-0.3, -0.25) is 0 Å². The van der Waals surface area contributed by atoms with Gasteiger partial charge in [0, 0.05) is 12.0 Å². The van der Waals surface area contributed by atoms with Gasteiger partial charge in [-0.2, -0.15) is 0 Å². The van der Waals surface area contributed by atoms with E-state index >= 15 is 0 Å². The number of hydrogen-bond donors (Lipinski definition) is 0. The van der Waals surface area contributed by atoms with Crippen LogP contribution in [0.4, 0.5) is 8.78 Å². The van der Waals surface area contributed by atoms with Crippen LogP contribution in [0.2, 0.25) is 0 Å². The predicted octanol–water partition coefficient (Wildman–Crippen LogP) is 3.47. The van der Waals surface area contributed by atoms with Gasteiger partial charge < -0.3 is 9.15 Å². The molecular weight excluding hydrogens is 240 g/mol. The lowest BCUT2D eigenvalue weighted by molar-refractivity contribution is 0.109. The van der Waals surface area contributed by atoms with Gasteiger partial charge in [-0.25, -0.2) is 13.8 Å². The molecule has 1 unspecified atom stereocenters. The van der Waals surface area contributed by atoms with E-state index in [4.69, 9.17) is 9.15 Å². The molecule has 1 heterocycles. The standard InChI is InChI=1S/C13H11F2NO2/c1-17-9-4-2-8(3-5-9)12-16-7-11(18-12)10-6-13(10,14)15/h2-5,7,10H,6H2,1H3. The number of oxazole rings is 1. The van der Waals surface area contributed by atoms with Crippen LogP contribution in [0, 0.1) is 0 Å². The SMILES string of the molecule is COc1ccc(-c2ncc(C3CC3(F)F)o2)cc1. The third kappa shape index (κ3) is 1.85. The maximum atomic E-state index is 12.9. The number of benzene rings is 1. The Morgan fingerprint density at radius 2 is 2.00 bits per heavy atom. The number of methoxy groups -OCH3 is 1. The summed E-state index contributed by atoms with van der Waals surface area (Å²) in [5, 5.41) is 0. The summed E-state index contributed by atoms with van der Waals surface area (Å²) in [5.74, 6) is -2.10. The number of aromatic nitrogens is 1. The van der Waals surface area contributed by atoms with Crippen molar-refractivity contribution in [3.63, 3.8) is 0 Å². The average molecular weight is 251 g/mol. The smallest absolute Gasteiger partial charge is 0.259 e. The molecule has 1 atom stereocenters. The lowest BCUT2D eigenvalue weighted by atomic mass is 10.2. The molecule has 0 N–H and O–H groups in total. The first-order chi connectivity index (χ1) is 8.60. The van der Waals surface area contributed by atoms with Crippen molar-refractivity contribution in [2.45, 2.75) is 18.3 Å². The highest BCUT2D eigenvalue weighted by Gasteiger charge is 2.59. The third-order valence-electron chi connectivity index (χ3n) is 3.03. The van der Waals surface area contributed by atoms with Crippen LogP contribution in [0.5, 0.6) is 5.75 Å². The Balaban J connectivity index is 1.84. The van der Waals surface area contributed by atoms with Gasteiger partial charge in [-0.1, -0.05) is 0 Å². The molecule has 0 saturated heterocycles. The summed E-state index contributed by atoms with van der Waals surface area (Å²) in [7, 11) is 1.58. The lowest BCUT2D eigenvalue weighted by Gasteiger charge is -1.99. The van der Waals surface area contributed by atoms with Crippen LogP contribution >= 0.6 is 0 Å². The van der Waals surface area contributed by atoms with Crippen LogP contribution in [0.3, 0.4) is 0 Å². The summed E-state index contributed by atoms with van der Waals surface area (Å²) < 4.78 is 36.2. The highest BCUT2D eigenvalue weighted by molar-refractivity contribution is 5.54. The summed E-state index contributed by atoms with van der Waals surface area (Å²) in [6, 6.07) is 7.09. The first kappa shape index (κ1) is 11.2. The molecule has 0 radical (unpaired) electrons. The van der Waals surface area contributed by atoms with E-state index in [1.807, 2.05) is 0 Å². The van der Waals surface area contributed by atoms with Crippen LogP contribution in [-0.2, 0) is 0 Å². The normalized spacial score (nSPS) is 20.7. The molecule has 0 spiro atoms. The fraction of sp³-hybridized carbons (Fsp3) is 0.308. The van der Waals surface area contributed by atoms with E-state index in [0.717, 1.165) is 11.3 Å². The van der Waals surface area contributed by atoms with Crippen molar-refractivity contribution in [1.29, 1.82) is 0 Å². The summed E-state index contributed by atoms with van der Waals surface area (Å²) in [6.07, 6.45) is 1.23. The maximum absolute atomic E-state index is 12.9. The van der Waals surface area contributed by atoms with Gasteiger partial charge in [-0.15, -0.1) is 0 Å². The van der Waals surface area contributed by atoms with E-state index in [2.05, 4.69) is 4.98 Å². The molecule has 1 aliphatic carbocycles. The molecule has 3 nitrogen and oxygen atoms in total. The van der Waals surface area contributed by atoms with Gasteiger partial charge in [-0.05, 0) is 24.3 Å². The molecule has 1 aromatic carbocycles. The van der Waals surface area contributed by atoms with E-state index in [-0.39, 0.29) is 12.2 Å². The number of hydrogen-bond acceptors (Lipinski definition) is 3. The molecule has 1 saturated carbocycles. The molecule has 1 aromatic heterocycles. The van der Waals surface area contributed by atoms with Crippen LogP contribution < -0.4 is 4.74 Å². The molecule has 5 heteroatoms. The largest absolute Gasteiger partial charge is 0.497 e. The third-order valence-corrected chi connectivity index (χ3v) is 3.03. The fourth-order valence-electron chi connectivity index (χ4n) is 1.84. The van der Waals surface area contributed by atoms with Crippen molar-refractivity contribution in [3.8, 4) is 17.2 Å². The molecule has 1 fully saturated rings. The van der Waals surface area contributed by atoms with Gasteiger partial charge in [0.05, 0.1) is 19.2 Å². The van der Waals surface area contributed by atoms with Crippen LogP contribution in [0.25, 0.3) is 11.5 Å². The van der Waals surface area contributed by atoms with Crippen LogP contribution in [-0.4, -0.2) is 18.0 Å². The summed E-state index contributed by atoms with van der Waals surface area (Å²) in [5.41, 5.74) is 0.742. The van der Waals surface area contributed by atoms with E-state index in [1.54, 1.807) is 31.4 Å². The molecule has 0 aliphatic heterocycles. The minimum absolute atomic E-state index is 0.149. The summed E-state index contributed by atoms with van der Waals surface area (Å²) in [4.78, 5) is 4.03. The second kappa shape index (κ2) is 3.80. The second-order valence-corrected chi connectivity index (χ2v) is 4.31. The fourth-order valence-corrected chi connectivity index (χ4v) is 1.84. The first-order valence-electron chi connectivity index (χ1n) is 5.58. The Labute approximate surface area is 102 Å². The van der Waals surface area contributed by atoms with Crippen molar-refractivity contribution < 1.29 is 17.9 Å². The molecule has 2 aromatic rings. The van der Waals surface area contributed by atoms with E-state index in [1.165, 1.54) is 6.20 Å². The van der Waals surface area contributed by atoms with E-state index in [0.29, 0.717) is 5.89 Å². The van der Waals surface area contributed by atoms with Gasteiger partial charge in [0.25, 0.3) is 5.92 Å². The van der Waals surface area contributed by atoms with Crippen molar-refractivity contribution in [2.24, 2.45) is 0 Å². The second-order valence-electron chi connectivity index (χ2n) is 4.31. The number of nitrogens with zero attached hydrogens (tertiary/aromatic N) is 1. The van der Waals surface area contributed by atoms with Gasteiger partial charge in [0.15, 0.2) is 0 Å². The van der Waals surface area contributed by atoms with Gasteiger partial charge in [0.1, 0.15) is 11.5 Å². The zero-order valence-electron chi connectivity index (χ0n) is 9.69. The quantitative estimate of drug-likeness (QED) is 0.837. The van der Waals surface area contributed by atoms with Crippen LogP contribution in [0.1, 0.15) is 18.1 Å². The monoisotopic (exact) mass is 251 g/mol. The zero-order chi connectivity index (χ0) is 12.8. The average Bonchev–Trinajstić information content (AvgIpc) is 2.80. The molecular formula is C13H11F2NO2. The van der Waals surface area contributed by atoms with E-state index < -0.39 is 11.8 Å². The Hall–Kier alpha value is -1.91. The van der Waals surface area contributed by atoms with Crippen LogP contribution in [0.15, 0.2) is 34.9 Å². The number of rotatable bonds is 3. The highest BCUT2D eigenvalue weighted by Crippen LogP contribution is 2.56. The number of halogens is 2. The molecule has 3 rings (SSSR count). The minimum Gasteiger partial charge on any atom is -0.497 e. The Kier molecular flexibility index (Phi) is 2.36. The minimum atomic E-state index is -2.63. The first-order valence-corrected chi connectivity index (χ1v) is 5.58. The maximum Gasteiger partial charge on any atom is 0.259 e. The Morgan fingerprint density at radius 3 is 2.56 bits per heavy atom. The number of ether oxygens (including phenoxy) is 1. The summed E-state index contributed by atoms with van der Waals surface area (Å²) >= 11 is 0. The summed E-state index contributed by atoms with van der Waals surface area (Å²) in [6.45, 7) is 0.